The fourth-order valence-electron chi connectivity index (χ4n) is 2.70. The number of carbonyl (C=O) groups excluding carboxylic acids is 1. The summed E-state index contributed by atoms with van der Waals surface area (Å²) in [5.41, 5.74) is 1.23. The normalized spacial score (nSPS) is 11.7. The number of fused-ring (bicyclic) bond motifs is 1. The molecule has 0 heterocycles. The predicted octanol–water partition coefficient (Wildman–Crippen LogP) is 3.38. The van der Waals surface area contributed by atoms with Crippen LogP contribution in [0.25, 0.3) is 10.8 Å². The number of ketones is 1. The highest BCUT2D eigenvalue weighted by atomic mass is 32.2. The topological polar surface area (TPSA) is 66.5 Å². The van der Waals surface area contributed by atoms with E-state index in [4.69, 9.17) is 0 Å². The second-order valence-electron chi connectivity index (χ2n) is 6.12. The van der Waals surface area contributed by atoms with Crippen molar-refractivity contribution in [1.82, 2.24) is 4.31 Å². The number of hydrogen-bond donors (Lipinski definition) is 1. The summed E-state index contributed by atoms with van der Waals surface area (Å²) in [7, 11) is -0.640. The van der Waals surface area contributed by atoms with E-state index < -0.39 is 10.0 Å². The number of benzene rings is 3. The van der Waals surface area contributed by atoms with Gasteiger partial charge >= 0.3 is 0 Å². The zero-order chi connectivity index (χ0) is 18.7. The third-order valence-corrected chi connectivity index (χ3v) is 5.97. The minimum absolute atomic E-state index is 0.0828. The summed E-state index contributed by atoms with van der Waals surface area (Å²) in [4.78, 5) is 12.6. The van der Waals surface area contributed by atoms with Gasteiger partial charge in [-0.15, -0.1) is 0 Å². The largest absolute Gasteiger partial charge is 0.377 e. The van der Waals surface area contributed by atoms with E-state index in [0.29, 0.717) is 5.56 Å². The van der Waals surface area contributed by atoms with E-state index in [1.165, 1.54) is 26.2 Å². The van der Waals surface area contributed by atoms with Crippen molar-refractivity contribution in [1.29, 1.82) is 0 Å². The first-order valence-corrected chi connectivity index (χ1v) is 9.61. The number of hydrogen-bond acceptors (Lipinski definition) is 4. The van der Waals surface area contributed by atoms with Crippen LogP contribution < -0.4 is 5.32 Å². The van der Waals surface area contributed by atoms with Crippen molar-refractivity contribution >= 4 is 32.3 Å². The maximum atomic E-state index is 12.5. The van der Waals surface area contributed by atoms with Gasteiger partial charge in [0.05, 0.1) is 11.4 Å². The van der Waals surface area contributed by atoms with E-state index in [1.54, 1.807) is 12.1 Å². The van der Waals surface area contributed by atoms with Gasteiger partial charge in [-0.25, -0.2) is 12.7 Å². The van der Waals surface area contributed by atoms with Gasteiger partial charge in [0.2, 0.25) is 10.0 Å². The van der Waals surface area contributed by atoms with Crippen LogP contribution in [0.1, 0.15) is 10.4 Å². The number of sulfonamides is 1. The number of nitrogens with one attached hydrogen (secondary N) is 1. The van der Waals surface area contributed by atoms with Gasteiger partial charge in [0.15, 0.2) is 5.78 Å². The Morgan fingerprint density at radius 1 is 0.962 bits per heavy atom. The highest BCUT2D eigenvalue weighted by Crippen LogP contribution is 2.23. The van der Waals surface area contributed by atoms with Gasteiger partial charge in [0.25, 0.3) is 0 Å². The molecule has 0 saturated heterocycles. The monoisotopic (exact) mass is 368 g/mol. The number of carbonyl (C=O) groups is 1. The van der Waals surface area contributed by atoms with E-state index in [-0.39, 0.29) is 17.2 Å². The van der Waals surface area contributed by atoms with Crippen LogP contribution in [-0.2, 0) is 10.0 Å². The molecular weight excluding hydrogens is 348 g/mol. The van der Waals surface area contributed by atoms with Crippen LogP contribution in [0.3, 0.4) is 0 Å². The Kier molecular flexibility index (Phi) is 5.06. The average Bonchev–Trinajstić information content (AvgIpc) is 2.66. The molecule has 0 saturated carbocycles. The third kappa shape index (κ3) is 3.61. The molecule has 26 heavy (non-hydrogen) atoms. The van der Waals surface area contributed by atoms with Crippen LogP contribution in [0.5, 0.6) is 0 Å². The SMILES string of the molecule is CN(C)S(=O)(=O)c1cccc(C(=O)CNc2cccc3ccccc23)c1. The average molecular weight is 368 g/mol. The Bertz CT molecular complexity index is 1050. The van der Waals surface area contributed by atoms with Crippen molar-refractivity contribution in [3.05, 3.63) is 72.3 Å². The molecule has 0 aliphatic carbocycles. The summed E-state index contributed by atoms with van der Waals surface area (Å²) in [5, 5.41) is 5.28. The Balaban J connectivity index is 1.81. The lowest BCUT2D eigenvalue weighted by Gasteiger charge is -2.12. The molecule has 0 unspecified atom stereocenters. The fraction of sp³-hybridized carbons (Fsp3) is 0.150. The zero-order valence-corrected chi connectivity index (χ0v) is 15.5. The fourth-order valence-corrected chi connectivity index (χ4v) is 3.65. The molecule has 3 rings (SSSR count). The minimum Gasteiger partial charge on any atom is -0.377 e. The van der Waals surface area contributed by atoms with Crippen LogP contribution in [0.2, 0.25) is 0 Å². The quantitative estimate of drug-likeness (QED) is 0.678. The van der Waals surface area contributed by atoms with E-state index in [0.717, 1.165) is 20.8 Å². The molecule has 1 N–H and O–H groups in total. The standard InChI is InChI=1S/C20H20N2O3S/c1-22(2)26(24,25)17-10-5-9-16(13-17)20(23)14-21-19-12-6-8-15-7-3-4-11-18(15)19/h3-13,21H,14H2,1-2H3. The van der Waals surface area contributed by atoms with Crippen LogP contribution >= 0.6 is 0 Å². The Hall–Kier alpha value is -2.70. The van der Waals surface area contributed by atoms with Crippen molar-refractivity contribution in [3.63, 3.8) is 0 Å². The molecule has 5 nitrogen and oxygen atoms in total. The lowest BCUT2D eigenvalue weighted by Crippen LogP contribution is -2.22. The zero-order valence-electron chi connectivity index (χ0n) is 14.6. The lowest BCUT2D eigenvalue weighted by atomic mass is 10.1. The van der Waals surface area contributed by atoms with Crippen LogP contribution in [-0.4, -0.2) is 39.1 Å². The van der Waals surface area contributed by atoms with Crippen LogP contribution in [0.15, 0.2) is 71.6 Å². The minimum atomic E-state index is -3.57. The summed E-state index contributed by atoms with van der Waals surface area (Å²) in [6.45, 7) is 0.0828. The molecule has 0 aliphatic heterocycles. The van der Waals surface area contributed by atoms with Gasteiger partial charge in [-0.2, -0.15) is 0 Å². The molecule has 0 radical (unpaired) electrons. The summed E-state index contributed by atoms with van der Waals surface area (Å²) >= 11 is 0. The van der Waals surface area contributed by atoms with Crippen molar-refractivity contribution < 1.29 is 13.2 Å². The molecular formula is C20H20N2O3S. The number of nitrogens with zero attached hydrogens (tertiary/aromatic N) is 1. The van der Waals surface area contributed by atoms with Crippen LogP contribution in [0, 0.1) is 0 Å². The van der Waals surface area contributed by atoms with Crippen LogP contribution in [0.4, 0.5) is 5.69 Å². The summed E-state index contributed by atoms with van der Waals surface area (Å²) in [6.07, 6.45) is 0. The van der Waals surface area contributed by atoms with Gasteiger partial charge < -0.3 is 5.32 Å². The molecule has 0 aliphatic rings. The second-order valence-corrected chi connectivity index (χ2v) is 8.27. The summed E-state index contributed by atoms with van der Waals surface area (Å²) in [5.74, 6) is -0.172. The lowest BCUT2D eigenvalue weighted by molar-refractivity contribution is 0.101. The first-order valence-electron chi connectivity index (χ1n) is 8.17. The molecule has 0 aromatic heterocycles. The molecule has 134 valence electrons. The number of anilines is 1. The summed E-state index contributed by atoms with van der Waals surface area (Å²) < 4.78 is 25.6. The molecule has 0 spiro atoms. The van der Waals surface area contributed by atoms with Crippen molar-refractivity contribution in [2.75, 3.05) is 26.0 Å². The summed E-state index contributed by atoms with van der Waals surface area (Å²) in [6, 6.07) is 19.9. The first kappa shape index (κ1) is 18.1. The first-order chi connectivity index (χ1) is 12.4. The smallest absolute Gasteiger partial charge is 0.242 e. The maximum Gasteiger partial charge on any atom is 0.242 e. The Labute approximate surface area is 153 Å². The van der Waals surface area contributed by atoms with E-state index in [9.17, 15) is 13.2 Å². The Morgan fingerprint density at radius 2 is 1.65 bits per heavy atom. The van der Waals surface area contributed by atoms with Gasteiger partial charge in [-0.3, -0.25) is 4.79 Å². The van der Waals surface area contributed by atoms with E-state index >= 15 is 0 Å². The molecule has 3 aromatic rings. The highest BCUT2D eigenvalue weighted by molar-refractivity contribution is 7.89. The molecule has 0 bridgehead atoms. The number of Topliss-reactive ketones (excluding diaryl/α,β-unsaturated/α-hetero) is 1. The Morgan fingerprint density at radius 3 is 2.42 bits per heavy atom. The molecule has 3 aromatic carbocycles. The van der Waals surface area contributed by atoms with Gasteiger partial charge in [0, 0.05) is 30.7 Å². The molecule has 0 amide bonds. The molecule has 0 atom stereocenters. The number of rotatable bonds is 6. The maximum absolute atomic E-state index is 12.5. The predicted molar refractivity (Wildman–Crippen MR) is 104 cm³/mol. The van der Waals surface area contributed by atoms with Crippen molar-refractivity contribution in [2.24, 2.45) is 0 Å². The van der Waals surface area contributed by atoms with Gasteiger partial charge in [-0.1, -0.05) is 48.5 Å². The second kappa shape index (κ2) is 7.27. The van der Waals surface area contributed by atoms with Crippen molar-refractivity contribution in [3.8, 4) is 0 Å². The van der Waals surface area contributed by atoms with E-state index in [2.05, 4.69) is 5.32 Å². The van der Waals surface area contributed by atoms with E-state index in [1.807, 2.05) is 42.5 Å². The van der Waals surface area contributed by atoms with Gasteiger partial charge in [0.1, 0.15) is 0 Å². The molecule has 6 heteroatoms. The van der Waals surface area contributed by atoms with Crippen molar-refractivity contribution in [2.45, 2.75) is 4.90 Å². The van der Waals surface area contributed by atoms with Gasteiger partial charge in [-0.05, 0) is 23.6 Å². The third-order valence-electron chi connectivity index (χ3n) is 4.16. The highest BCUT2D eigenvalue weighted by Gasteiger charge is 2.18. The molecule has 0 fully saturated rings.